The first-order valence-corrected chi connectivity index (χ1v) is 11.9. The van der Waals surface area contributed by atoms with E-state index in [1.807, 2.05) is 23.7 Å². The molecule has 0 aliphatic heterocycles. The summed E-state index contributed by atoms with van der Waals surface area (Å²) in [5, 5.41) is 2.59. The minimum absolute atomic E-state index is 1.18. The van der Waals surface area contributed by atoms with Gasteiger partial charge in [0.05, 0.1) is 0 Å². The van der Waals surface area contributed by atoms with Crippen molar-refractivity contribution >= 4 is 22.1 Å². The normalized spacial score (nSPS) is 11.0. The lowest BCUT2D eigenvalue weighted by Crippen LogP contribution is -1.83. The Bertz CT molecular complexity index is 1430. The van der Waals surface area contributed by atoms with Gasteiger partial charge in [0, 0.05) is 44.0 Å². The lowest BCUT2D eigenvalue weighted by atomic mass is 9.95. The lowest BCUT2D eigenvalue weighted by Gasteiger charge is -2.09. The standard InChI is InChI=1S/C31H21NS/c1-2-10-22(11-3-1)24-12-4-6-14-26(24)30-28-16-8-9-17-29(28)31(33-30)27-15-7-5-13-25(27)23-18-20-32-21-19-23/h1-21H. The van der Waals surface area contributed by atoms with Crippen molar-refractivity contribution in [2.75, 3.05) is 0 Å². The van der Waals surface area contributed by atoms with Crippen molar-refractivity contribution in [3.63, 3.8) is 0 Å². The molecule has 4 aromatic carbocycles. The molecule has 0 spiro atoms. The number of pyridine rings is 1. The smallest absolute Gasteiger partial charge is 0.0434 e. The Hall–Kier alpha value is -4.01. The van der Waals surface area contributed by atoms with Gasteiger partial charge in [0.25, 0.3) is 0 Å². The van der Waals surface area contributed by atoms with E-state index in [0.29, 0.717) is 0 Å². The maximum atomic E-state index is 4.21. The summed E-state index contributed by atoms with van der Waals surface area (Å²) in [4.78, 5) is 6.82. The fourth-order valence-corrected chi connectivity index (χ4v) is 5.86. The average molecular weight is 440 g/mol. The fourth-order valence-electron chi connectivity index (χ4n) is 4.51. The Morgan fingerprint density at radius 2 is 0.818 bits per heavy atom. The molecule has 156 valence electrons. The summed E-state index contributed by atoms with van der Waals surface area (Å²) in [5.41, 5.74) is 7.45. The molecule has 0 radical (unpaired) electrons. The minimum atomic E-state index is 1.18. The third-order valence-electron chi connectivity index (χ3n) is 6.04. The van der Waals surface area contributed by atoms with Gasteiger partial charge in [0.2, 0.25) is 0 Å². The summed E-state index contributed by atoms with van der Waals surface area (Å²) in [6.45, 7) is 0. The quantitative estimate of drug-likeness (QED) is 0.267. The van der Waals surface area contributed by atoms with Crippen molar-refractivity contribution < 1.29 is 0 Å². The monoisotopic (exact) mass is 439 g/mol. The van der Waals surface area contributed by atoms with Gasteiger partial charge in [-0.3, -0.25) is 4.98 Å². The highest BCUT2D eigenvalue weighted by Gasteiger charge is 2.18. The maximum Gasteiger partial charge on any atom is 0.0434 e. The summed E-state index contributed by atoms with van der Waals surface area (Å²) >= 11 is 1.88. The fraction of sp³-hybridized carbons (Fsp3) is 0. The summed E-state index contributed by atoms with van der Waals surface area (Å²) < 4.78 is 0. The summed E-state index contributed by atoms with van der Waals surface area (Å²) in [6.07, 6.45) is 3.72. The second-order valence-corrected chi connectivity index (χ2v) is 9.02. The van der Waals surface area contributed by atoms with Crippen LogP contribution in [0.3, 0.4) is 0 Å². The molecular formula is C31H21NS. The van der Waals surface area contributed by atoms with Crippen molar-refractivity contribution in [2.24, 2.45) is 0 Å². The molecule has 0 aliphatic carbocycles. The van der Waals surface area contributed by atoms with E-state index >= 15 is 0 Å². The second-order valence-electron chi connectivity index (χ2n) is 8.00. The zero-order chi connectivity index (χ0) is 22.0. The van der Waals surface area contributed by atoms with Gasteiger partial charge in [-0.15, -0.1) is 11.3 Å². The molecule has 0 N–H and O–H groups in total. The third kappa shape index (κ3) is 3.55. The van der Waals surface area contributed by atoms with Crippen LogP contribution < -0.4 is 0 Å². The third-order valence-corrected chi connectivity index (χ3v) is 7.33. The van der Waals surface area contributed by atoms with Crippen molar-refractivity contribution in [2.45, 2.75) is 0 Å². The lowest BCUT2D eigenvalue weighted by molar-refractivity contribution is 1.33. The minimum Gasteiger partial charge on any atom is -0.265 e. The molecule has 0 atom stereocenters. The molecule has 1 nitrogen and oxygen atoms in total. The molecule has 6 aromatic rings. The molecule has 0 fully saturated rings. The van der Waals surface area contributed by atoms with Crippen LogP contribution in [0.5, 0.6) is 0 Å². The van der Waals surface area contributed by atoms with Crippen LogP contribution >= 0.6 is 11.3 Å². The van der Waals surface area contributed by atoms with Gasteiger partial charge in [-0.2, -0.15) is 0 Å². The number of rotatable bonds is 4. The van der Waals surface area contributed by atoms with Crippen LogP contribution in [0.15, 0.2) is 128 Å². The van der Waals surface area contributed by atoms with E-state index in [1.54, 1.807) is 0 Å². The van der Waals surface area contributed by atoms with Crippen LogP contribution in [0, 0.1) is 0 Å². The highest BCUT2D eigenvalue weighted by atomic mass is 32.1. The Morgan fingerprint density at radius 3 is 1.36 bits per heavy atom. The van der Waals surface area contributed by atoms with E-state index in [0.717, 1.165) is 0 Å². The first kappa shape index (κ1) is 19.7. The Labute approximate surface area is 197 Å². The number of thiophene rings is 1. The molecule has 0 aliphatic rings. The van der Waals surface area contributed by atoms with Crippen LogP contribution in [-0.4, -0.2) is 4.98 Å². The van der Waals surface area contributed by atoms with E-state index in [1.165, 1.54) is 53.9 Å². The molecule has 0 saturated heterocycles. The summed E-state index contributed by atoms with van der Waals surface area (Å²) in [7, 11) is 0. The SMILES string of the molecule is c1ccc(-c2ccccc2-c2sc(-c3ccccc3-c3ccncc3)c3ccccc23)cc1. The van der Waals surface area contributed by atoms with Crippen molar-refractivity contribution in [3.8, 4) is 43.1 Å². The van der Waals surface area contributed by atoms with Crippen LogP contribution in [0.1, 0.15) is 0 Å². The molecular weight excluding hydrogens is 418 g/mol. The van der Waals surface area contributed by atoms with Gasteiger partial charge in [0.1, 0.15) is 0 Å². The average Bonchev–Trinajstić information content (AvgIpc) is 3.29. The number of nitrogens with zero attached hydrogens (tertiary/aromatic N) is 1. The number of benzene rings is 4. The molecule has 6 rings (SSSR count). The van der Waals surface area contributed by atoms with E-state index in [4.69, 9.17) is 0 Å². The largest absolute Gasteiger partial charge is 0.265 e. The topological polar surface area (TPSA) is 12.9 Å². The van der Waals surface area contributed by atoms with Gasteiger partial charge in [-0.05, 0) is 34.4 Å². The molecule has 33 heavy (non-hydrogen) atoms. The highest BCUT2D eigenvalue weighted by Crippen LogP contribution is 2.48. The summed E-state index contributed by atoms with van der Waals surface area (Å²) in [5.74, 6) is 0. The number of fused-ring (bicyclic) bond motifs is 1. The van der Waals surface area contributed by atoms with Crippen LogP contribution in [0.25, 0.3) is 53.9 Å². The molecule has 0 amide bonds. The molecule has 0 unspecified atom stereocenters. The highest BCUT2D eigenvalue weighted by molar-refractivity contribution is 7.21. The van der Waals surface area contributed by atoms with E-state index in [9.17, 15) is 0 Å². The van der Waals surface area contributed by atoms with Gasteiger partial charge >= 0.3 is 0 Å². The molecule has 0 saturated carbocycles. The predicted molar refractivity (Wildman–Crippen MR) is 141 cm³/mol. The molecule has 2 heterocycles. The Kier molecular flexibility index (Phi) is 5.06. The Morgan fingerprint density at radius 1 is 0.394 bits per heavy atom. The predicted octanol–water partition coefficient (Wildman–Crippen LogP) is 8.96. The maximum absolute atomic E-state index is 4.21. The van der Waals surface area contributed by atoms with Crippen LogP contribution in [-0.2, 0) is 0 Å². The van der Waals surface area contributed by atoms with Gasteiger partial charge < -0.3 is 0 Å². The van der Waals surface area contributed by atoms with Gasteiger partial charge in [-0.25, -0.2) is 0 Å². The van der Waals surface area contributed by atoms with E-state index in [-0.39, 0.29) is 0 Å². The van der Waals surface area contributed by atoms with Crippen LogP contribution in [0.4, 0.5) is 0 Å². The first-order valence-electron chi connectivity index (χ1n) is 11.1. The second kappa shape index (κ2) is 8.50. The van der Waals surface area contributed by atoms with E-state index < -0.39 is 0 Å². The summed E-state index contributed by atoms with van der Waals surface area (Å²) in [6, 6.07) is 41.0. The van der Waals surface area contributed by atoms with Gasteiger partial charge in [-0.1, -0.05) is 103 Å². The molecule has 2 aromatic heterocycles. The number of hydrogen-bond acceptors (Lipinski definition) is 2. The molecule has 2 heteroatoms. The number of hydrogen-bond donors (Lipinski definition) is 0. The Balaban J connectivity index is 1.61. The zero-order valence-electron chi connectivity index (χ0n) is 18.0. The van der Waals surface area contributed by atoms with Gasteiger partial charge in [0.15, 0.2) is 0 Å². The van der Waals surface area contributed by atoms with Crippen molar-refractivity contribution in [3.05, 3.63) is 128 Å². The molecule has 0 bridgehead atoms. The zero-order valence-corrected chi connectivity index (χ0v) is 18.8. The number of aromatic nitrogens is 1. The van der Waals surface area contributed by atoms with E-state index in [2.05, 4.69) is 120 Å². The first-order chi connectivity index (χ1) is 16.4. The van der Waals surface area contributed by atoms with Crippen molar-refractivity contribution in [1.82, 2.24) is 4.98 Å². The van der Waals surface area contributed by atoms with Crippen molar-refractivity contribution in [1.29, 1.82) is 0 Å². The van der Waals surface area contributed by atoms with Crippen LogP contribution in [0.2, 0.25) is 0 Å².